The van der Waals surface area contributed by atoms with E-state index < -0.39 is 0 Å². The maximum Gasteiger partial charge on any atom is 0.0273 e. The normalized spacial score (nSPS) is 14.9. The highest BCUT2D eigenvalue weighted by molar-refractivity contribution is 5.57. The van der Waals surface area contributed by atoms with Crippen LogP contribution in [0.1, 0.15) is 13.3 Å². The molecule has 2 nitrogen and oxygen atoms in total. The van der Waals surface area contributed by atoms with Gasteiger partial charge in [-0.05, 0) is 26.6 Å². The van der Waals surface area contributed by atoms with Crippen LogP contribution in [0.3, 0.4) is 0 Å². The van der Waals surface area contributed by atoms with Crippen LogP contribution in [0.2, 0.25) is 0 Å². The van der Waals surface area contributed by atoms with Crippen LogP contribution in [-0.4, -0.2) is 26.4 Å². The van der Waals surface area contributed by atoms with Gasteiger partial charge in [0, 0.05) is 13.1 Å². The molecule has 0 aliphatic carbocycles. The lowest BCUT2D eigenvalue weighted by molar-refractivity contribution is 0.638. The Kier molecular flexibility index (Phi) is 4.56. The minimum absolute atomic E-state index is 0.554. The summed E-state index contributed by atoms with van der Waals surface area (Å²) in [6, 6.07) is 0.554. The Hall–Kier alpha value is -0.370. The van der Waals surface area contributed by atoms with Crippen LogP contribution < -0.4 is 5.32 Å². The lowest BCUT2D eigenvalue weighted by Gasteiger charge is -2.03. The molecule has 8 heavy (non-hydrogen) atoms. The first-order valence-corrected chi connectivity index (χ1v) is 2.89. The number of hydrogen-bond acceptors (Lipinski definition) is 2. The smallest absolute Gasteiger partial charge is 0.0273 e. The van der Waals surface area contributed by atoms with Crippen molar-refractivity contribution in [3.63, 3.8) is 0 Å². The summed E-state index contributed by atoms with van der Waals surface area (Å²) < 4.78 is 0. The van der Waals surface area contributed by atoms with Crippen LogP contribution in [0.25, 0.3) is 0 Å². The third-order valence-corrected chi connectivity index (χ3v) is 1.13. The highest BCUT2D eigenvalue weighted by Gasteiger charge is 1.90. The summed E-state index contributed by atoms with van der Waals surface area (Å²) in [4.78, 5) is 3.86. The van der Waals surface area contributed by atoms with E-state index >= 15 is 0 Å². The third-order valence-electron chi connectivity index (χ3n) is 1.13. The van der Waals surface area contributed by atoms with Crippen molar-refractivity contribution < 1.29 is 0 Å². The number of nitrogens with zero attached hydrogens (tertiary/aromatic N) is 1. The van der Waals surface area contributed by atoms with Gasteiger partial charge in [-0.3, -0.25) is 0 Å². The lowest BCUT2D eigenvalue weighted by atomic mass is 10.3. The Morgan fingerprint density at radius 1 is 1.75 bits per heavy atom. The number of aliphatic imine (C=N–C) groups is 1. The summed E-state index contributed by atoms with van der Waals surface area (Å²) in [7, 11) is 3.75. The summed E-state index contributed by atoms with van der Waals surface area (Å²) in [6.07, 6.45) is 2.94. The molecule has 0 rings (SSSR count). The molecule has 0 aliphatic rings. The van der Waals surface area contributed by atoms with Crippen molar-refractivity contribution >= 4 is 6.21 Å². The Labute approximate surface area is 51.0 Å². The zero-order chi connectivity index (χ0) is 6.41. The van der Waals surface area contributed by atoms with Gasteiger partial charge >= 0.3 is 0 Å². The molecule has 0 aromatic heterocycles. The van der Waals surface area contributed by atoms with Gasteiger partial charge in [-0.1, -0.05) is 0 Å². The summed E-state index contributed by atoms with van der Waals surface area (Å²) in [6.45, 7) is 2.13. The molecule has 0 radical (unpaired) electrons. The van der Waals surface area contributed by atoms with Crippen LogP contribution in [0.4, 0.5) is 0 Å². The van der Waals surface area contributed by atoms with Crippen molar-refractivity contribution in [3.8, 4) is 0 Å². The van der Waals surface area contributed by atoms with E-state index in [4.69, 9.17) is 0 Å². The molecular formula is C6H14N2. The maximum atomic E-state index is 3.86. The van der Waals surface area contributed by atoms with Crippen molar-refractivity contribution in [3.05, 3.63) is 0 Å². The molecule has 0 bridgehead atoms. The van der Waals surface area contributed by atoms with Gasteiger partial charge in [0.25, 0.3) is 0 Å². The summed E-state index contributed by atoms with van der Waals surface area (Å²) in [5.41, 5.74) is 0. The van der Waals surface area contributed by atoms with E-state index in [9.17, 15) is 0 Å². The van der Waals surface area contributed by atoms with Gasteiger partial charge in [0.1, 0.15) is 0 Å². The summed E-state index contributed by atoms with van der Waals surface area (Å²) in [5, 5.41) is 3.11. The van der Waals surface area contributed by atoms with Gasteiger partial charge in [-0.25, -0.2) is 0 Å². The Morgan fingerprint density at radius 3 is 2.75 bits per heavy atom. The second-order valence-electron chi connectivity index (χ2n) is 1.87. The molecule has 0 fully saturated rings. The van der Waals surface area contributed by atoms with E-state index in [-0.39, 0.29) is 0 Å². The molecule has 0 spiro atoms. The second-order valence-corrected chi connectivity index (χ2v) is 1.87. The van der Waals surface area contributed by atoms with E-state index in [2.05, 4.69) is 17.2 Å². The van der Waals surface area contributed by atoms with E-state index in [1.54, 1.807) is 7.05 Å². The predicted octanol–water partition coefficient (Wildman–Crippen LogP) is 0.685. The van der Waals surface area contributed by atoms with Crippen LogP contribution in [0, 0.1) is 0 Å². The molecule has 2 heteroatoms. The first-order chi connectivity index (χ1) is 3.81. The second kappa shape index (κ2) is 4.78. The quantitative estimate of drug-likeness (QED) is 0.536. The SMILES string of the molecule is CN=CCC(C)NC. The first-order valence-electron chi connectivity index (χ1n) is 2.89. The zero-order valence-corrected chi connectivity index (χ0v) is 5.81. The fraction of sp³-hybridized carbons (Fsp3) is 0.833. The summed E-state index contributed by atoms with van der Waals surface area (Å²) >= 11 is 0. The minimum Gasteiger partial charge on any atom is -0.317 e. The third kappa shape index (κ3) is 3.81. The van der Waals surface area contributed by atoms with Crippen molar-refractivity contribution in [1.82, 2.24) is 5.32 Å². The largest absolute Gasteiger partial charge is 0.317 e. The van der Waals surface area contributed by atoms with Crippen LogP contribution in [0.5, 0.6) is 0 Å². The number of hydrogen-bond donors (Lipinski definition) is 1. The zero-order valence-electron chi connectivity index (χ0n) is 5.81. The average molecular weight is 114 g/mol. The summed E-state index contributed by atoms with van der Waals surface area (Å²) in [5.74, 6) is 0. The molecule has 0 aromatic carbocycles. The van der Waals surface area contributed by atoms with E-state index in [0.29, 0.717) is 6.04 Å². The van der Waals surface area contributed by atoms with E-state index in [0.717, 1.165) is 6.42 Å². The van der Waals surface area contributed by atoms with Crippen molar-refractivity contribution in [2.75, 3.05) is 14.1 Å². The molecule has 1 unspecified atom stereocenters. The van der Waals surface area contributed by atoms with Gasteiger partial charge in [0.2, 0.25) is 0 Å². The van der Waals surface area contributed by atoms with Crippen molar-refractivity contribution in [2.45, 2.75) is 19.4 Å². The van der Waals surface area contributed by atoms with Gasteiger partial charge in [-0.2, -0.15) is 0 Å². The van der Waals surface area contributed by atoms with Gasteiger partial charge in [-0.15, -0.1) is 0 Å². The lowest BCUT2D eigenvalue weighted by Crippen LogP contribution is -2.20. The Bertz CT molecular complexity index is 68.9. The van der Waals surface area contributed by atoms with Crippen molar-refractivity contribution in [1.29, 1.82) is 0 Å². The van der Waals surface area contributed by atoms with Crippen LogP contribution in [-0.2, 0) is 0 Å². The molecule has 1 N–H and O–H groups in total. The van der Waals surface area contributed by atoms with Crippen LogP contribution >= 0.6 is 0 Å². The number of nitrogens with one attached hydrogen (secondary N) is 1. The molecule has 0 aromatic rings. The monoisotopic (exact) mass is 114 g/mol. The molecule has 0 saturated heterocycles. The minimum atomic E-state index is 0.554. The number of rotatable bonds is 3. The highest BCUT2D eigenvalue weighted by atomic mass is 14.9. The molecule has 48 valence electrons. The van der Waals surface area contributed by atoms with Gasteiger partial charge in [0.15, 0.2) is 0 Å². The Balaban J connectivity index is 3.10. The molecular weight excluding hydrogens is 100 g/mol. The fourth-order valence-electron chi connectivity index (χ4n) is 0.381. The maximum absolute atomic E-state index is 3.86. The predicted molar refractivity (Wildman–Crippen MR) is 37.6 cm³/mol. The fourth-order valence-corrected chi connectivity index (χ4v) is 0.381. The average Bonchev–Trinajstić information content (AvgIpc) is 1.83. The molecule has 0 saturated carbocycles. The molecule has 0 amide bonds. The first kappa shape index (κ1) is 7.63. The van der Waals surface area contributed by atoms with Crippen LogP contribution in [0.15, 0.2) is 4.99 Å². The molecule has 0 heterocycles. The molecule has 0 aliphatic heterocycles. The van der Waals surface area contributed by atoms with E-state index in [1.807, 2.05) is 13.3 Å². The van der Waals surface area contributed by atoms with Crippen molar-refractivity contribution in [2.24, 2.45) is 4.99 Å². The highest BCUT2D eigenvalue weighted by Crippen LogP contribution is 1.82. The van der Waals surface area contributed by atoms with Gasteiger partial charge in [0.05, 0.1) is 0 Å². The topological polar surface area (TPSA) is 24.4 Å². The van der Waals surface area contributed by atoms with E-state index in [1.165, 1.54) is 0 Å². The van der Waals surface area contributed by atoms with Gasteiger partial charge < -0.3 is 10.3 Å². The molecule has 1 atom stereocenters. The standard InChI is InChI=1S/C6H14N2/c1-6(8-3)4-5-7-2/h5-6,8H,4H2,1-3H3. The Morgan fingerprint density at radius 2 is 2.38 bits per heavy atom.